The van der Waals surface area contributed by atoms with Crippen LogP contribution in [0.4, 0.5) is 0 Å². The number of fused-ring (bicyclic) bond motifs is 4. The third-order valence-corrected chi connectivity index (χ3v) is 6.28. The van der Waals surface area contributed by atoms with Crippen LogP contribution in [0.5, 0.6) is 28.7 Å². The highest BCUT2D eigenvalue weighted by atomic mass is 16.6. The van der Waals surface area contributed by atoms with Crippen molar-refractivity contribution in [2.24, 2.45) is 5.10 Å². The van der Waals surface area contributed by atoms with Gasteiger partial charge in [-0.2, -0.15) is 5.10 Å². The molecule has 6 rings (SSSR count). The molecule has 0 amide bonds. The zero-order chi connectivity index (χ0) is 22.4. The molecule has 168 valence electrons. The largest absolute Gasteiger partial charge is 0.497 e. The van der Waals surface area contributed by atoms with Crippen LogP contribution in [0.15, 0.2) is 65.8 Å². The number of benzene rings is 3. The van der Waals surface area contributed by atoms with Gasteiger partial charge in [-0.05, 0) is 42.5 Å². The molecule has 0 N–H and O–H groups in total. The van der Waals surface area contributed by atoms with Gasteiger partial charge in [-0.25, -0.2) is 5.01 Å². The van der Waals surface area contributed by atoms with Gasteiger partial charge in [-0.15, -0.1) is 0 Å². The summed E-state index contributed by atoms with van der Waals surface area (Å²) < 4.78 is 29.1. The van der Waals surface area contributed by atoms with Gasteiger partial charge in [0.1, 0.15) is 30.5 Å². The molecule has 3 aromatic rings. The third kappa shape index (κ3) is 3.31. The molecule has 0 spiro atoms. The summed E-state index contributed by atoms with van der Waals surface area (Å²) in [4.78, 5) is 0. The Bertz CT molecular complexity index is 1240. The molecule has 7 heteroatoms. The van der Waals surface area contributed by atoms with Gasteiger partial charge >= 0.3 is 0 Å². The molecule has 2 atom stereocenters. The van der Waals surface area contributed by atoms with E-state index >= 15 is 0 Å². The normalized spacial score (nSPS) is 20.3. The highest BCUT2D eigenvalue weighted by molar-refractivity contribution is 6.02. The maximum absolute atomic E-state index is 6.49. The van der Waals surface area contributed by atoms with Crippen LogP contribution in [0, 0.1) is 0 Å². The van der Waals surface area contributed by atoms with Crippen LogP contribution in [-0.2, 0) is 0 Å². The Kier molecular flexibility index (Phi) is 4.75. The molecule has 0 aromatic heterocycles. The summed E-state index contributed by atoms with van der Waals surface area (Å²) in [5.41, 5.74) is 3.97. The Morgan fingerprint density at radius 1 is 0.848 bits per heavy atom. The lowest BCUT2D eigenvalue weighted by Crippen LogP contribution is -2.33. The fourth-order valence-corrected chi connectivity index (χ4v) is 4.67. The number of hydrazone groups is 1. The van der Waals surface area contributed by atoms with Gasteiger partial charge in [0.2, 0.25) is 6.23 Å². The lowest BCUT2D eigenvalue weighted by Gasteiger charge is -2.38. The summed E-state index contributed by atoms with van der Waals surface area (Å²) >= 11 is 0. The van der Waals surface area contributed by atoms with Crippen LogP contribution in [0.25, 0.3) is 0 Å². The molecule has 0 radical (unpaired) electrons. The molecule has 0 saturated carbocycles. The monoisotopic (exact) mass is 444 g/mol. The van der Waals surface area contributed by atoms with Crippen molar-refractivity contribution in [2.45, 2.75) is 18.7 Å². The fourth-order valence-electron chi connectivity index (χ4n) is 4.67. The van der Waals surface area contributed by atoms with E-state index in [1.54, 1.807) is 14.2 Å². The lowest BCUT2D eigenvalue weighted by atomic mass is 9.95. The first-order valence-electron chi connectivity index (χ1n) is 11.0. The maximum Gasteiger partial charge on any atom is 0.217 e. The molecule has 0 bridgehead atoms. The predicted molar refractivity (Wildman–Crippen MR) is 123 cm³/mol. The predicted octanol–water partition coefficient (Wildman–Crippen LogP) is 4.72. The highest BCUT2D eigenvalue weighted by Crippen LogP contribution is 2.49. The third-order valence-electron chi connectivity index (χ3n) is 6.28. The van der Waals surface area contributed by atoms with Gasteiger partial charge < -0.3 is 23.7 Å². The Morgan fingerprint density at radius 2 is 1.70 bits per heavy atom. The van der Waals surface area contributed by atoms with E-state index < -0.39 is 6.23 Å². The minimum Gasteiger partial charge on any atom is -0.497 e. The number of rotatable bonds is 4. The summed E-state index contributed by atoms with van der Waals surface area (Å²) in [6.07, 6.45) is 0.299. The minimum atomic E-state index is -0.454. The summed E-state index contributed by atoms with van der Waals surface area (Å²) in [7, 11) is 3.31. The standard InChI is InChI=1S/C26H24N2O5/c1-29-17-8-10-22(30-2)19(14-17)26-28-21(18-5-3-4-6-23(18)33-26)15-20(27-28)16-7-9-24-25(13-16)32-12-11-31-24/h3-10,13-14,21,26H,11-12,15H2,1-2H3/t21-,26+/m1/s1. The van der Waals surface area contributed by atoms with Crippen molar-refractivity contribution in [1.82, 2.24) is 5.01 Å². The Balaban J connectivity index is 1.44. The molecule has 3 aliphatic heterocycles. The molecule has 0 fully saturated rings. The van der Waals surface area contributed by atoms with E-state index in [2.05, 4.69) is 6.07 Å². The molecule has 33 heavy (non-hydrogen) atoms. The van der Waals surface area contributed by atoms with E-state index in [1.807, 2.05) is 59.6 Å². The van der Waals surface area contributed by atoms with Crippen LogP contribution in [0.1, 0.15) is 35.4 Å². The van der Waals surface area contributed by atoms with Gasteiger partial charge in [0.05, 0.1) is 31.5 Å². The first kappa shape index (κ1) is 19.8. The SMILES string of the molecule is COc1ccc(OC)c([C@@H]2Oc3ccccc3[C@H]3CC(c4ccc5c(c4)OCCO5)=NN32)c1. The molecule has 0 saturated heterocycles. The molecule has 3 aliphatic rings. The van der Waals surface area contributed by atoms with Crippen molar-refractivity contribution >= 4 is 5.71 Å². The Labute approximate surface area is 192 Å². The summed E-state index contributed by atoms with van der Waals surface area (Å²) in [5.74, 6) is 3.84. The average Bonchev–Trinajstić information content (AvgIpc) is 3.33. The molecular formula is C26H24N2O5. The second kappa shape index (κ2) is 7.92. The van der Waals surface area contributed by atoms with Crippen LogP contribution in [0.2, 0.25) is 0 Å². The van der Waals surface area contributed by atoms with Crippen molar-refractivity contribution in [2.75, 3.05) is 27.4 Å². The molecule has 0 aliphatic carbocycles. The molecular weight excluding hydrogens is 420 g/mol. The zero-order valence-electron chi connectivity index (χ0n) is 18.5. The Morgan fingerprint density at radius 3 is 2.55 bits per heavy atom. The van der Waals surface area contributed by atoms with E-state index in [4.69, 9.17) is 28.8 Å². The van der Waals surface area contributed by atoms with Gasteiger partial charge in [-0.3, -0.25) is 0 Å². The smallest absolute Gasteiger partial charge is 0.217 e. The van der Waals surface area contributed by atoms with E-state index in [-0.39, 0.29) is 6.04 Å². The number of nitrogens with zero attached hydrogens (tertiary/aromatic N) is 2. The van der Waals surface area contributed by atoms with Gasteiger partial charge in [0, 0.05) is 17.5 Å². The van der Waals surface area contributed by atoms with Crippen molar-refractivity contribution in [3.63, 3.8) is 0 Å². The average molecular weight is 444 g/mol. The molecule has 7 nitrogen and oxygen atoms in total. The van der Waals surface area contributed by atoms with Crippen LogP contribution in [-0.4, -0.2) is 38.2 Å². The summed E-state index contributed by atoms with van der Waals surface area (Å²) in [6.45, 7) is 1.12. The van der Waals surface area contributed by atoms with Gasteiger partial charge in [0.15, 0.2) is 11.5 Å². The van der Waals surface area contributed by atoms with Crippen molar-refractivity contribution < 1.29 is 23.7 Å². The first-order valence-corrected chi connectivity index (χ1v) is 11.0. The minimum absolute atomic E-state index is 0.0408. The van der Waals surface area contributed by atoms with Crippen LogP contribution >= 0.6 is 0 Å². The van der Waals surface area contributed by atoms with Crippen molar-refractivity contribution in [3.8, 4) is 28.7 Å². The second-order valence-electron chi connectivity index (χ2n) is 8.12. The van der Waals surface area contributed by atoms with E-state index in [1.165, 1.54) is 0 Å². The fraction of sp³-hybridized carbons (Fsp3) is 0.269. The number of methoxy groups -OCH3 is 2. The topological polar surface area (TPSA) is 61.8 Å². The van der Waals surface area contributed by atoms with E-state index in [0.29, 0.717) is 13.2 Å². The summed E-state index contributed by atoms with van der Waals surface area (Å²) in [6, 6.07) is 19.9. The summed E-state index contributed by atoms with van der Waals surface area (Å²) in [5, 5.41) is 7.08. The first-order chi connectivity index (χ1) is 16.2. The van der Waals surface area contributed by atoms with Crippen LogP contribution < -0.4 is 23.7 Å². The van der Waals surface area contributed by atoms with Crippen molar-refractivity contribution in [3.05, 3.63) is 77.4 Å². The zero-order valence-corrected chi connectivity index (χ0v) is 18.5. The van der Waals surface area contributed by atoms with Crippen molar-refractivity contribution in [1.29, 1.82) is 0 Å². The van der Waals surface area contributed by atoms with Crippen LogP contribution in [0.3, 0.4) is 0 Å². The lowest BCUT2D eigenvalue weighted by molar-refractivity contribution is -0.0204. The highest BCUT2D eigenvalue weighted by Gasteiger charge is 2.42. The Hall–Kier alpha value is -3.87. The maximum atomic E-state index is 6.49. The number of hydrogen-bond acceptors (Lipinski definition) is 7. The molecule has 3 heterocycles. The van der Waals surface area contributed by atoms with Gasteiger partial charge in [0.25, 0.3) is 0 Å². The van der Waals surface area contributed by atoms with E-state index in [0.717, 1.165) is 57.6 Å². The number of hydrogen-bond donors (Lipinski definition) is 0. The van der Waals surface area contributed by atoms with Gasteiger partial charge in [-0.1, -0.05) is 18.2 Å². The second-order valence-corrected chi connectivity index (χ2v) is 8.12. The molecule has 3 aromatic carbocycles. The quantitative estimate of drug-likeness (QED) is 0.581. The number of para-hydroxylation sites is 1. The van der Waals surface area contributed by atoms with E-state index in [9.17, 15) is 0 Å². The number of ether oxygens (including phenoxy) is 5. The molecule has 0 unspecified atom stereocenters.